The van der Waals surface area contributed by atoms with Gasteiger partial charge in [0.05, 0.1) is 4.47 Å². The molecule has 0 aliphatic carbocycles. The minimum atomic E-state index is -4.71. The average Bonchev–Trinajstić information content (AvgIpc) is 2.84. The topological polar surface area (TPSA) is 21.7 Å². The van der Waals surface area contributed by atoms with Gasteiger partial charge in [0.1, 0.15) is 18.1 Å². The number of rotatable bonds is 5. The van der Waals surface area contributed by atoms with Crippen molar-refractivity contribution < 1.29 is 22.6 Å². The van der Waals surface area contributed by atoms with Crippen molar-refractivity contribution in [3.05, 3.63) is 22.7 Å². The summed E-state index contributed by atoms with van der Waals surface area (Å²) in [6, 6.07) is 4.32. The van der Waals surface area contributed by atoms with Crippen LogP contribution in [0.5, 0.6) is 11.5 Å². The molecule has 1 heterocycles. The van der Waals surface area contributed by atoms with Crippen LogP contribution in [0.15, 0.2) is 22.7 Å². The molecule has 1 saturated heterocycles. The van der Waals surface area contributed by atoms with E-state index in [9.17, 15) is 13.2 Å². The van der Waals surface area contributed by atoms with Gasteiger partial charge in [-0.3, -0.25) is 4.90 Å². The molecule has 0 amide bonds. The van der Waals surface area contributed by atoms with Crippen LogP contribution in [-0.4, -0.2) is 37.5 Å². The van der Waals surface area contributed by atoms with Crippen LogP contribution in [0.1, 0.15) is 12.8 Å². The van der Waals surface area contributed by atoms with E-state index in [0.717, 1.165) is 19.6 Å². The highest BCUT2D eigenvalue weighted by molar-refractivity contribution is 9.10. The smallest absolute Gasteiger partial charge is 0.492 e. The van der Waals surface area contributed by atoms with E-state index < -0.39 is 6.36 Å². The molecule has 1 aliphatic rings. The largest absolute Gasteiger partial charge is 0.573 e. The van der Waals surface area contributed by atoms with E-state index in [1.54, 1.807) is 6.07 Å². The van der Waals surface area contributed by atoms with E-state index in [1.165, 1.54) is 25.0 Å². The standard InChI is InChI=1S/C13H15BrF3NO2/c14-11-4-3-10(9-12(11)20-13(15,16)17)19-8-7-18-5-1-2-6-18/h3-4,9H,1-2,5-8H2. The molecule has 3 nitrogen and oxygen atoms in total. The Labute approximate surface area is 123 Å². The average molecular weight is 354 g/mol. The van der Waals surface area contributed by atoms with Gasteiger partial charge in [0, 0.05) is 12.6 Å². The van der Waals surface area contributed by atoms with Crippen LogP contribution in [0.25, 0.3) is 0 Å². The SMILES string of the molecule is FC(F)(F)Oc1cc(OCCN2CCCC2)ccc1Br. The van der Waals surface area contributed by atoms with Crippen LogP contribution < -0.4 is 9.47 Å². The molecule has 1 fully saturated rings. The molecule has 0 bridgehead atoms. The third-order valence-corrected chi connectivity index (χ3v) is 3.66. The Morgan fingerprint density at radius 3 is 2.55 bits per heavy atom. The molecule has 1 aromatic carbocycles. The first-order valence-electron chi connectivity index (χ1n) is 6.34. The van der Waals surface area contributed by atoms with Gasteiger partial charge in [-0.15, -0.1) is 13.2 Å². The number of benzene rings is 1. The van der Waals surface area contributed by atoms with E-state index in [0.29, 0.717) is 12.4 Å². The minimum absolute atomic E-state index is 0.238. The van der Waals surface area contributed by atoms with Gasteiger partial charge in [-0.2, -0.15) is 0 Å². The summed E-state index contributed by atoms with van der Waals surface area (Å²) in [7, 11) is 0. The molecule has 0 unspecified atom stereocenters. The van der Waals surface area contributed by atoms with Crippen molar-refractivity contribution in [1.29, 1.82) is 0 Å². The van der Waals surface area contributed by atoms with Gasteiger partial charge in [-0.05, 0) is 54.0 Å². The van der Waals surface area contributed by atoms with Crippen molar-refractivity contribution in [2.45, 2.75) is 19.2 Å². The van der Waals surface area contributed by atoms with E-state index in [1.807, 2.05) is 0 Å². The predicted octanol–water partition coefficient (Wildman–Crippen LogP) is 3.82. The number of alkyl halides is 3. The van der Waals surface area contributed by atoms with Crippen molar-refractivity contribution in [3.63, 3.8) is 0 Å². The summed E-state index contributed by atoms with van der Waals surface area (Å²) in [6.45, 7) is 3.36. The second kappa shape index (κ2) is 6.67. The maximum atomic E-state index is 12.2. The van der Waals surface area contributed by atoms with Crippen LogP contribution >= 0.6 is 15.9 Å². The Balaban J connectivity index is 1.89. The molecule has 0 aromatic heterocycles. The first-order chi connectivity index (χ1) is 9.44. The van der Waals surface area contributed by atoms with Gasteiger partial charge in [0.15, 0.2) is 0 Å². The molecule has 20 heavy (non-hydrogen) atoms. The summed E-state index contributed by atoms with van der Waals surface area (Å²) >= 11 is 3.02. The van der Waals surface area contributed by atoms with Gasteiger partial charge in [-0.1, -0.05) is 0 Å². The zero-order valence-corrected chi connectivity index (χ0v) is 12.3. The molecule has 0 atom stereocenters. The lowest BCUT2D eigenvalue weighted by molar-refractivity contribution is -0.274. The van der Waals surface area contributed by atoms with Crippen molar-refractivity contribution in [1.82, 2.24) is 4.90 Å². The molecule has 1 aliphatic heterocycles. The van der Waals surface area contributed by atoms with E-state index in [2.05, 4.69) is 25.6 Å². The molecular weight excluding hydrogens is 339 g/mol. The van der Waals surface area contributed by atoms with Crippen LogP contribution in [0.4, 0.5) is 13.2 Å². The normalized spacial score (nSPS) is 16.4. The van der Waals surface area contributed by atoms with Crippen molar-refractivity contribution in [3.8, 4) is 11.5 Å². The zero-order valence-electron chi connectivity index (χ0n) is 10.8. The fourth-order valence-electron chi connectivity index (χ4n) is 2.08. The zero-order chi connectivity index (χ0) is 14.6. The number of halogens is 4. The fourth-order valence-corrected chi connectivity index (χ4v) is 2.40. The number of likely N-dealkylation sites (tertiary alicyclic amines) is 1. The first kappa shape index (κ1) is 15.4. The maximum absolute atomic E-state index is 12.2. The molecule has 0 radical (unpaired) electrons. The summed E-state index contributed by atoms with van der Waals surface area (Å²) in [5, 5.41) is 0. The number of hydrogen-bond donors (Lipinski definition) is 0. The molecule has 2 rings (SSSR count). The molecule has 0 spiro atoms. The lowest BCUT2D eigenvalue weighted by Gasteiger charge is -2.16. The van der Waals surface area contributed by atoms with Crippen molar-refractivity contribution in [2.24, 2.45) is 0 Å². The Kier molecular flexibility index (Phi) is 5.15. The summed E-state index contributed by atoms with van der Waals surface area (Å²) in [4.78, 5) is 2.27. The Hall–Kier alpha value is -0.950. The number of hydrogen-bond acceptors (Lipinski definition) is 3. The van der Waals surface area contributed by atoms with Gasteiger partial charge in [0.2, 0.25) is 0 Å². The van der Waals surface area contributed by atoms with Crippen LogP contribution in [0.3, 0.4) is 0 Å². The first-order valence-corrected chi connectivity index (χ1v) is 7.14. The second-order valence-corrected chi connectivity index (χ2v) is 5.39. The minimum Gasteiger partial charge on any atom is -0.492 e. The highest BCUT2D eigenvalue weighted by Gasteiger charge is 2.32. The Morgan fingerprint density at radius 2 is 1.90 bits per heavy atom. The van der Waals surface area contributed by atoms with Crippen molar-refractivity contribution in [2.75, 3.05) is 26.2 Å². The summed E-state index contributed by atoms with van der Waals surface area (Å²) in [5.41, 5.74) is 0. The molecule has 0 saturated carbocycles. The number of nitrogens with zero attached hydrogens (tertiary/aromatic N) is 1. The lowest BCUT2D eigenvalue weighted by Crippen LogP contribution is -2.25. The molecule has 7 heteroatoms. The molecular formula is C13H15BrF3NO2. The Bertz CT molecular complexity index is 448. The van der Waals surface area contributed by atoms with Gasteiger partial charge in [0.25, 0.3) is 0 Å². The fraction of sp³-hybridized carbons (Fsp3) is 0.538. The van der Waals surface area contributed by atoms with Crippen LogP contribution in [-0.2, 0) is 0 Å². The van der Waals surface area contributed by atoms with E-state index in [4.69, 9.17) is 4.74 Å². The van der Waals surface area contributed by atoms with Crippen LogP contribution in [0, 0.1) is 0 Å². The third kappa shape index (κ3) is 4.86. The van der Waals surface area contributed by atoms with Crippen molar-refractivity contribution >= 4 is 15.9 Å². The van der Waals surface area contributed by atoms with E-state index >= 15 is 0 Å². The van der Waals surface area contributed by atoms with Gasteiger partial charge in [-0.25, -0.2) is 0 Å². The monoisotopic (exact) mass is 353 g/mol. The third-order valence-electron chi connectivity index (χ3n) is 3.00. The molecule has 1 aromatic rings. The quantitative estimate of drug-likeness (QED) is 0.803. The highest BCUT2D eigenvalue weighted by atomic mass is 79.9. The summed E-state index contributed by atoms with van der Waals surface area (Å²) < 4.78 is 46.3. The van der Waals surface area contributed by atoms with Gasteiger partial charge >= 0.3 is 6.36 Å². The second-order valence-electron chi connectivity index (χ2n) is 4.54. The Morgan fingerprint density at radius 1 is 1.20 bits per heavy atom. The highest BCUT2D eigenvalue weighted by Crippen LogP contribution is 2.33. The van der Waals surface area contributed by atoms with E-state index in [-0.39, 0.29) is 10.2 Å². The van der Waals surface area contributed by atoms with Gasteiger partial charge < -0.3 is 9.47 Å². The predicted molar refractivity (Wildman–Crippen MR) is 72.0 cm³/mol. The molecule has 112 valence electrons. The lowest BCUT2D eigenvalue weighted by atomic mass is 10.3. The molecule has 0 N–H and O–H groups in total. The number of ether oxygens (including phenoxy) is 2. The van der Waals surface area contributed by atoms with Crippen LogP contribution in [0.2, 0.25) is 0 Å². The summed E-state index contributed by atoms with van der Waals surface area (Å²) in [5.74, 6) is 0.0721. The maximum Gasteiger partial charge on any atom is 0.573 e. The summed E-state index contributed by atoms with van der Waals surface area (Å²) in [6.07, 6.45) is -2.32.